The molecule has 0 aliphatic rings. The molecule has 1 aromatic rings. The van der Waals surface area contributed by atoms with E-state index in [0.29, 0.717) is 0 Å². The number of hydrogen-bond acceptors (Lipinski definition) is 3. The molecule has 0 amide bonds. The third-order valence-electron chi connectivity index (χ3n) is 1.54. The van der Waals surface area contributed by atoms with E-state index in [-0.39, 0.29) is 10.7 Å². The average molecular weight is 256 g/mol. The maximum absolute atomic E-state index is 11.9. The molecule has 1 aromatic heterocycles. The Balaban J connectivity index is 3.25. The van der Waals surface area contributed by atoms with Crippen LogP contribution in [0, 0.1) is 6.92 Å². The van der Waals surface area contributed by atoms with Gasteiger partial charge in [0.1, 0.15) is 5.15 Å². The summed E-state index contributed by atoms with van der Waals surface area (Å²) in [6.45, 7) is 1.38. The SMILES string of the molecule is Cc1cc(OC(F)(F)F)c(C(=O)O)nc1Cl. The van der Waals surface area contributed by atoms with Gasteiger partial charge in [-0.2, -0.15) is 0 Å². The van der Waals surface area contributed by atoms with E-state index in [0.717, 1.165) is 6.07 Å². The highest BCUT2D eigenvalue weighted by Gasteiger charge is 2.33. The summed E-state index contributed by atoms with van der Waals surface area (Å²) in [5.41, 5.74) is -0.696. The fraction of sp³-hybridized carbons (Fsp3) is 0.250. The smallest absolute Gasteiger partial charge is 0.476 e. The number of aryl methyl sites for hydroxylation is 1. The van der Waals surface area contributed by atoms with E-state index < -0.39 is 23.8 Å². The third-order valence-corrected chi connectivity index (χ3v) is 1.93. The lowest BCUT2D eigenvalue weighted by atomic mass is 10.2. The minimum atomic E-state index is -4.98. The van der Waals surface area contributed by atoms with Crippen molar-refractivity contribution in [2.24, 2.45) is 0 Å². The topological polar surface area (TPSA) is 59.4 Å². The highest BCUT2D eigenvalue weighted by molar-refractivity contribution is 6.30. The van der Waals surface area contributed by atoms with Crippen LogP contribution < -0.4 is 4.74 Å². The van der Waals surface area contributed by atoms with Crippen LogP contribution in [-0.4, -0.2) is 22.4 Å². The molecule has 0 atom stereocenters. The Hall–Kier alpha value is -1.50. The molecule has 0 saturated carbocycles. The largest absolute Gasteiger partial charge is 0.573 e. The van der Waals surface area contributed by atoms with Crippen molar-refractivity contribution < 1.29 is 27.8 Å². The van der Waals surface area contributed by atoms with E-state index in [1.165, 1.54) is 6.92 Å². The Morgan fingerprint density at radius 3 is 2.56 bits per heavy atom. The monoisotopic (exact) mass is 255 g/mol. The molecular weight excluding hydrogens is 251 g/mol. The van der Waals surface area contributed by atoms with Crippen LogP contribution in [0.4, 0.5) is 13.2 Å². The minimum absolute atomic E-state index is 0.186. The lowest BCUT2D eigenvalue weighted by Crippen LogP contribution is -2.20. The predicted octanol–water partition coefficient (Wildman–Crippen LogP) is 2.64. The molecule has 8 heteroatoms. The van der Waals surface area contributed by atoms with Crippen LogP contribution in [0.2, 0.25) is 5.15 Å². The molecule has 1 N–H and O–H groups in total. The van der Waals surface area contributed by atoms with Crippen LogP contribution in [0.1, 0.15) is 16.1 Å². The zero-order valence-corrected chi connectivity index (χ0v) is 8.56. The van der Waals surface area contributed by atoms with E-state index in [2.05, 4.69) is 9.72 Å². The van der Waals surface area contributed by atoms with E-state index in [4.69, 9.17) is 16.7 Å². The van der Waals surface area contributed by atoms with Crippen LogP contribution in [0.5, 0.6) is 5.75 Å². The van der Waals surface area contributed by atoms with Crippen molar-refractivity contribution in [3.05, 3.63) is 22.5 Å². The lowest BCUT2D eigenvalue weighted by Gasteiger charge is -2.11. The maximum Gasteiger partial charge on any atom is 0.573 e. The van der Waals surface area contributed by atoms with Crippen molar-refractivity contribution in [1.82, 2.24) is 4.98 Å². The van der Waals surface area contributed by atoms with Gasteiger partial charge in [0.2, 0.25) is 0 Å². The number of aromatic nitrogens is 1. The number of carbonyl (C=O) groups is 1. The van der Waals surface area contributed by atoms with Crippen LogP contribution in [-0.2, 0) is 0 Å². The molecule has 0 aromatic carbocycles. The number of carboxylic acid groups (broad SMARTS) is 1. The first-order chi connectivity index (χ1) is 7.20. The number of hydrogen-bond donors (Lipinski definition) is 1. The van der Waals surface area contributed by atoms with Gasteiger partial charge in [-0.05, 0) is 18.6 Å². The van der Waals surface area contributed by atoms with Crippen molar-refractivity contribution >= 4 is 17.6 Å². The third kappa shape index (κ3) is 2.99. The summed E-state index contributed by atoms with van der Waals surface area (Å²) in [6.07, 6.45) is -4.98. The fourth-order valence-electron chi connectivity index (χ4n) is 0.922. The van der Waals surface area contributed by atoms with Crippen molar-refractivity contribution in [2.45, 2.75) is 13.3 Å². The fourth-order valence-corrected chi connectivity index (χ4v) is 1.06. The van der Waals surface area contributed by atoms with Crippen molar-refractivity contribution in [3.63, 3.8) is 0 Å². The van der Waals surface area contributed by atoms with Gasteiger partial charge in [-0.3, -0.25) is 0 Å². The molecule has 0 fully saturated rings. The Morgan fingerprint density at radius 2 is 2.12 bits per heavy atom. The standard InChI is InChI=1S/C8H5ClF3NO3/c1-3-2-4(16-8(10,11)12)5(7(14)15)13-6(3)9/h2H,1H3,(H,14,15). The van der Waals surface area contributed by atoms with Gasteiger partial charge >= 0.3 is 12.3 Å². The van der Waals surface area contributed by atoms with Gasteiger partial charge in [0.15, 0.2) is 11.4 Å². The Labute approximate surface area is 92.6 Å². The number of halogens is 4. The molecule has 4 nitrogen and oxygen atoms in total. The molecule has 0 saturated heterocycles. The highest BCUT2D eigenvalue weighted by Crippen LogP contribution is 2.28. The molecular formula is C8H5ClF3NO3. The number of ether oxygens (including phenoxy) is 1. The molecule has 0 unspecified atom stereocenters. The highest BCUT2D eigenvalue weighted by atomic mass is 35.5. The van der Waals surface area contributed by atoms with Gasteiger partial charge in [-0.1, -0.05) is 11.6 Å². The number of rotatable bonds is 2. The van der Waals surface area contributed by atoms with Gasteiger partial charge in [-0.25, -0.2) is 9.78 Å². The summed E-state index contributed by atoms with van der Waals surface area (Å²) < 4.78 is 39.4. The van der Waals surface area contributed by atoms with Gasteiger partial charge in [-0.15, -0.1) is 13.2 Å². The quantitative estimate of drug-likeness (QED) is 0.826. The zero-order valence-electron chi connectivity index (χ0n) is 7.80. The van der Waals surface area contributed by atoms with Crippen LogP contribution in [0.25, 0.3) is 0 Å². The summed E-state index contributed by atoms with van der Waals surface area (Å²) >= 11 is 5.49. The molecule has 88 valence electrons. The number of aromatic carboxylic acids is 1. The van der Waals surface area contributed by atoms with Crippen LogP contribution in [0.3, 0.4) is 0 Å². The molecule has 0 aliphatic carbocycles. The van der Waals surface area contributed by atoms with Gasteiger partial charge in [0.25, 0.3) is 0 Å². The number of pyridine rings is 1. The molecule has 0 bridgehead atoms. The minimum Gasteiger partial charge on any atom is -0.476 e. The first kappa shape index (κ1) is 12.6. The Bertz CT molecular complexity index is 433. The Kier molecular flexibility index (Phi) is 3.27. The van der Waals surface area contributed by atoms with E-state index in [1.54, 1.807) is 0 Å². The molecule has 1 heterocycles. The molecule has 0 spiro atoms. The summed E-state index contributed by atoms with van der Waals surface area (Å²) in [5, 5.41) is 8.42. The summed E-state index contributed by atoms with van der Waals surface area (Å²) in [6, 6.07) is 0.867. The predicted molar refractivity (Wildman–Crippen MR) is 47.6 cm³/mol. The van der Waals surface area contributed by atoms with Gasteiger partial charge in [0.05, 0.1) is 0 Å². The van der Waals surface area contributed by atoms with E-state index in [1.807, 2.05) is 0 Å². The van der Waals surface area contributed by atoms with Crippen molar-refractivity contribution in [1.29, 1.82) is 0 Å². The van der Waals surface area contributed by atoms with Gasteiger partial charge < -0.3 is 9.84 Å². The first-order valence-electron chi connectivity index (χ1n) is 3.87. The molecule has 0 aliphatic heterocycles. The molecule has 16 heavy (non-hydrogen) atoms. The second-order valence-electron chi connectivity index (χ2n) is 2.80. The lowest BCUT2D eigenvalue weighted by molar-refractivity contribution is -0.274. The average Bonchev–Trinajstić information content (AvgIpc) is 2.07. The van der Waals surface area contributed by atoms with E-state index >= 15 is 0 Å². The normalized spacial score (nSPS) is 11.3. The number of carboxylic acids is 1. The second-order valence-corrected chi connectivity index (χ2v) is 3.15. The molecule has 0 radical (unpaired) electrons. The molecule has 1 rings (SSSR count). The second kappa shape index (κ2) is 4.17. The zero-order chi connectivity index (χ0) is 12.5. The first-order valence-corrected chi connectivity index (χ1v) is 4.24. The van der Waals surface area contributed by atoms with Crippen LogP contribution >= 0.6 is 11.6 Å². The number of alkyl halides is 3. The van der Waals surface area contributed by atoms with Gasteiger partial charge in [0, 0.05) is 0 Å². The van der Waals surface area contributed by atoms with Crippen molar-refractivity contribution in [3.8, 4) is 5.75 Å². The summed E-state index contributed by atoms with van der Waals surface area (Å²) in [5.74, 6) is -2.54. The Morgan fingerprint density at radius 1 is 1.56 bits per heavy atom. The number of nitrogens with zero attached hydrogens (tertiary/aromatic N) is 1. The maximum atomic E-state index is 11.9. The van der Waals surface area contributed by atoms with Crippen molar-refractivity contribution in [2.75, 3.05) is 0 Å². The summed E-state index contributed by atoms with van der Waals surface area (Å²) in [4.78, 5) is 13.9. The van der Waals surface area contributed by atoms with E-state index in [9.17, 15) is 18.0 Å². The summed E-state index contributed by atoms with van der Waals surface area (Å²) in [7, 11) is 0. The van der Waals surface area contributed by atoms with Crippen LogP contribution in [0.15, 0.2) is 6.07 Å².